The predicted octanol–water partition coefficient (Wildman–Crippen LogP) is 5.55. The van der Waals surface area contributed by atoms with Crippen LogP contribution >= 0.6 is 0 Å². The van der Waals surface area contributed by atoms with Crippen molar-refractivity contribution in [2.45, 2.75) is 19.9 Å². The monoisotopic (exact) mass is 388 g/mol. The predicted molar refractivity (Wildman–Crippen MR) is 113 cm³/mol. The van der Waals surface area contributed by atoms with Gasteiger partial charge in [-0.15, -0.1) is 0 Å². The second-order valence-electron chi connectivity index (χ2n) is 6.95. The summed E-state index contributed by atoms with van der Waals surface area (Å²) in [4.78, 5) is 13.3. The number of methoxy groups -OCH3 is 1. The summed E-state index contributed by atoms with van der Waals surface area (Å²) in [6.07, 6.45) is 4.75. The average Bonchev–Trinajstić information content (AvgIpc) is 3.19. The molecule has 0 N–H and O–H groups in total. The molecule has 0 unspecified atom stereocenters. The van der Waals surface area contributed by atoms with Crippen LogP contribution in [0.2, 0.25) is 0 Å². The summed E-state index contributed by atoms with van der Waals surface area (Å²) in [6, 6.07) is 14.7. The van der Waals surface area contributed by atoms with Crippen molar-refractivity contribution < 1.29 is 9.13 Å². The number of hydrogen-bond donors (Lipinski definition) is 0. The third-order valence-electron chi connectivity index (χ3n) is 4.76. The summed E-state index contributed by atoms with van der Waals surface area (Å²) in [6.45, 7) is 4.13. The Hall–Kier alpha value is -3.54. The first-order valence-corrected chi connectivity index (χ1v) is 9.37. The molecule has 4 aromatic rings. The van der Waals surface area contributed by atoms with Crippen molar-refractivity contribution in [1.29, 1.82) is 0 Å². The van der Waals surface area contributed by atoms with Crippen LogP contribution in [0.1, 0.15) is 31.0 Å². The maximum atomic E-state index is 15.2. The molecule has 0 atom stereocenters. The fraction of sp³-hybridized carbons (Fsp3) is 0.174. The van der Waals surface area contributed by atoms with Crippen LogP contribution in [0.15, 0.2) is 61.2 Å². The number of aromatic nitrogens is 4. The van der Waals surface area contributed by atoms with Gasteiger partial charge in [0.05, 0.1) is 13.4 Å². The number of ether oxygens (including phenoxy) is 1. The van der Waals surface area contributed by atoms with E-state index in [0.29, 0.717) is 22.3 Å². The van der Waals surface area contributed by atoms with Crippen molar-refractivity contribution >= 4 is 23.1 Å². The topological polar surface area (TPSA) is 52.8 Å². The molecule has 0 saturated carbocycles. The Bertz CT molecular complexity index is 1180. The van der Waals surface area contributed by atoms with Crippen molar-refractivity contribution in [3.8, 4) is 17.0 Å². The van der Waals surface area contributed by atoms with E-state index in [4.69, 9.17) is 4.74 Å². The largest absolute Gasteiger partial charge is 0.497 e. The molecule has 0 saturated heterocycles. The molecule has 2 aromatic carbocycles. The Balaban J connectivity index is 1.81. The van der Waals surface area contributed by atoms with E-state index in [1.165, 1.54) is 12.4 Å². The van der Waals surface area contributed by atoms with E-state index in [2.05, 4.69) is 28.8 Å². The van der Waals surface area contributed by atoms with Crippen molar-refractivity contribution in [1.82, 2.24) is 19.5 Å². The highest BCUT2D eigenvalue weighted by atomic mass is 19.1. The van der Waals surface area contributed by atoms with E-state index in [1.54, 1.807) is 31.6 Å². The molecule has 0 radical (unpaired) electrons. The Morgan fingerprint density at radius 1 is 1.03 bits per heavy atom. The molecule has 0 amide bonds. The molecule has 0 bridgehead atoms. The minimum absolute atomic E-state index is 0.213. The zero-order valence-electron chi connectivity index (χ0n) is 16.5. The second-order valence-corrected chi connectivity index (χ2v) is 6.95. The summed E-state index contributed by atoms with van der Waals surface area (Å²) in [5.74, 6) is 0.382. The second kappa shape index (κ2) is 7.83. The normalized spacial score (nSPS) is 12.0. The number of rotatable bonds is 5. The highest BCUT2D eigenvalue weighted by Gasteiger charge is 2.17. The molecule has 4 rings (SSSR count). The van der Waals surface area contributed by atoms with Gasteiger partial charge in [0.2, 0.25) is 0 Å². The summed E-state index contributed by atoms with van der Waals surface area (Å²) < 4.78 is 22.4. The van der Waals surface area contributed by atoms with Gasteiger partial charge in [0.1, 0.15) is 29.1 Å². The van der Waals surface area contributed by atoms with Gasteiger partial charge in [0.15, 0.2) is 5.65 Å². The highest BCUT2D eigenvalue weighted by molar-refractivity contribution is 5.93. The van der Waals surface area contributed by atoms with Gasteiger partial charge in [-0.05, 0) is 37.6 Å². The van der Waals surface area contributed by atoms with E-state index in [9.17, 15) is 0 Å². The van der Waals surface area contributed by atoms with E-state index >= 15 is 4.39 Å². The molecule has 0 aliphatic carbocycles. The molecule has 5 nitrogen and oxygen atoms in total. The molecule has 2 aromatic heterocycles. The van der Waals surface area contributed by atoms with Gasteiger partial charge < -0.3 is 9.30 Å². The molecule has 29 heavy (non-hydrogen) atoms. The van der Waals surface area contributed by atoms with Gasteiger partial charge in [-0.3, -0.25) is 0 Å². The standard InChI is InChI=1S/C23H21FN4O/c1-15(2)28-14-27-22-21(25-13-26-23(22)28)19-7-5-4-6-18(19)20(24)12-16-8-10-17(29-3)11-9-16/h4-15H,1-3H3/b20-12-. The summed E-state index contributed by atoms with van der Waals surface area (Å²) in [5, 5.41) is 0. The van der Waals surface area contributed by atoms with Crippen LogP contribution in [-0.2, 0) is 0 Å². The molecule has 146 valence electrons. The lowest BCUT2D eigenvalue weighted by molar-refractivity contribution is 0.415. The molecular formula is C23H21FN4O. The van der Waals surface area contributed by atoms with Gasteiger partial charge >= 0.3 is 0 Å². The number of halogens is 1. The maximum Gasteiger partial charge on any atom is 0.164 e. The van der Waals surface area contributed by atoms with Crippen LogP contribution in [0, 0.1) is 0 Å². The third-order valence-corrected chi connectivity index (χ3v) is 4.76. The zero-order chi connectivity index (χ0) is 20.4. The molecule has 0 fully saturated rings. The van der Waals surface area contributed by atoms with Crippen LogP contribution in [0.3, 0.4) is 0 Å². The highest BCUT2D eigenvalue weighted by Crippen LogP contribution is 2.33. The van der Waals surface area contributed by atoms with Gasteiger partial charge in [-0.25, -0.2) is 19.3 Å². The molecular weight excluding hydrogens is 367 g/mol. The van der Waals surface area contributed by atoms with Crippen molar-refractivity contribution in [2.24, 2.45) is 0 Å². The lowest BCUT2D eigenvalue weighted by Gasteiger charge is -2.10. The number of hydrogen-bond acceptors (Lipinski definition) is 4. The summed E-state index contributed by atoms with van der Waals surface area (Å²) in [5.41, 5.74) is 3.89. The van der Waals surface area contributed by atoms with Gasteiger partial charge in [-0.1, -0.05) is 36.4 Å². The van der Waals surface area contributed by atoms with Gasteiger partial charge in [0, 0.05) is 17.2 Å². The Kier molecular flexibility index (Phi) is 5.08. The minimum Gasteiger partial charge on any atom is -0.497 e. The smallest absolute Gasteiger partial charge is 0.164 e. The van der Waals surface area contributed by atoms with Crippen LogP contribution in [0.5, 0.6) is 5.75 Å². The van der Waals surface area contributed by atoms with Crippen LogP contribution in [0.25, 0.3) is 34.3 Å². The lowest BCUT2D eigenvalue weighted by atomic mass is 10.0. The van der Waals surface area contributed by atoms with Crippen molar-refractivity contribution in [3.63, 3.8) is 0 Å². The first-order chi connectivity index (χ1) is 14.1. The van der Waals surface area contributed by atoms with Crippen LogP contribution in [0.4, 0.5) is 4.39 Å². The Labute approximate surface area is 168 Å². The Morgan fingerprint density at radius 2 is 1.79 bits per heavy atom. The van der Waals surface area contributed by atoms with Crippen LogP contribution < -0.4 is 4.74 Å². The molecule has 0 spiro atoms. The first kappa shape index (κ1) is 18.8. The zero-order valence-corrected chi connectivity index (χ0v) is 16.5. The number of fused-ring (bicyclic) bond motifs is 1. The number of benzene rings is 2. The molecule has 2 heterocycles. The van der Waals surface area contributed by atoms with Crippen molar-refractivity contribution in [3.05, 3.63) is 72.3 Å². The fourth-order valence-electron chi connectivity index (χ4n) is 3.25. The van der Waals surface area contributed by atoms with E-state index < -0.39 is 0 Å². The summed E-state index contributed by atoms with van der Waals surface area (Å²) >= 11 is 0. The van der Waals surface area contributed by atoms with E-state index in [-0.39, 0.29) is 11.9 Å². The minimum atomic E-state index is -0.346. The summed E-state index contributed by atoms with van der Waals surface area (Å²) in [7, 11) is 1.60. The first-order valence-electron chi connectivity index (χ1n) is 9.37. The van der Waals surface area contributed by atoms with E-state index in [0.717, 1.165) is 17.0 Å². The van der Waals surface area contributed by atoms with Gasteiger partial charge in [-0.2, -0.15) is 0 Å². The number of nitrogens with zero attached hydrogens (tertiary/aromatic N) is 4. The van der Waals surface area contributed by atoms with Gasteiger partial charge in [0.25, 0.3) is 0 Å². The lowest BCUT2D eigenvalue weighted by Crippen LogP contribution is -2.00. The SMILES string of the molecule is COc1ccc(/C=C(\F)c2ccccc2-c2ncnc3c2ncn3C(C)C)cc1. The molecule has 6 heteroatoms. The average molecular weight is 388 g/mol. The molecule has 0 aliphatic rings. The third kappa shape index (κ3) is 3.61. The van der Waals surface area contributed by atoms with Crippen molar-refractivity contribution in [2.75, 3.05) is 7.11 Å². The number of imidazole rings is 1. The fourth-order valence-corrected chi connectivity index (χ4v) is 3.25. The van der Waals surface area contributed by atoms with Crippen LogP contribution in [-0.4, -0.2) is 26.6 Å². The molecule has 0 aliphatic heterocycles. The van der Waals surface area contributed by atoms with E-state index in [1.807, 2.05) is 34.9 Å². The maximum absolute atomic E-state index is 15.2. The quantitative estimate of drug-likeness (QED) is 0.421. The Morgan fingerprint density at radius 3 is 2.52 bits per heavy atom.